The summed E-state index contributed by atoms with van der Waals surface area (Å²) in [4.78, 5) is 14.3. The highest BCUT2D eigenvalue weighted by Gasteiger charge is 2.16. The molecule has 0 saturated heterocycles. The zero-order chi connectivity index (χ0) is 12.7. The molecule has 0 amide bonds. The van der Waals surface area contributed by atoms with Crippen LogP contribution < -0.4 is 0 Å². The third-order valence-corrected chi connectivity index (χ3v) is 2.89. The Morgan fingerprint density at radius 2 is 2.22 bits per heavy atom. The summed E-state index contributed by atoms with van der Waals surface area (Å²) in [6.45, 7) is 0. The Morgan fingerprint density at radius 1 is 1.39 bits per heavy atom. The molecule has 2 aromatic heterocycles. The molecule has 0 aliphatic heterocycles. The Kier molecular flexibility index (Phi) is 2.19. The van der Waals surface area contributed by atoms with Gasteiger partial charge in [-0.2, -0.15) is 5.10 Å². The monoisotopic (exact) mass is 241 g/mol. The second-order valence-corrected chi connectivity index (χ2v) is 4.15. The minimum Gasteiger partial charge on any atom is -0.478 e. The number of nitrogens with one attached hydrogen (secondary N) is 1. The molecule has 0 unspecified atom stereocenters. The van der Waals surface area contributed by atoms with Crippen LogP contribution >= 0.6 is 0 Å². The fourth-order valence-corrected chi connectivity index (χ4v) is 2.06. The Hall–Kier alpha value is -2.56. The highest BCUT2D eigenvalue weighted by Crippen LogP contribution is 2.25. The molecule has 0 aliphatic rings. The average Bonchev–Trinajstić information content (AvgIpc) is 2.93. The predicted octanol–water partition coefficient (Wildman–Crippen LogP) is 2.27. The molecule has 5 heteroatoms. The third-order valence-electron chi connectivity index (χ3n) is 2.89. The zero-order valence-electron chi connectivity index (χ0n) is 9.71. The summed E-state index contributed by atoms with van der Waals surface area (Å²) < 4.78 is 1.51. The lowest BCUT2D eigenvalue weighted by molar-refractivity contribution is 0.0697. The first kappa shape index (κ1) is 10.6. The summed E-state index contributed by atoms with van der Waals surface area (Å²) in [5.41, 5.74) is 2.53. The highest BCUT2D eigenvalue weighted by atomic mass is 16.4. The van der Waals surface area contributed by atoms with Crippen LogP contribution in [0.1, 0.15) is 10.4 Å². The van der Waals surface area contributed by atoms with E-state index in [1.807, 2.05) is 30.5 Å². The minimum atomic E-state index is -0.965. The number of benzene rings is 1. The van der Waals surface area contributed by atoms with Crippen molar-refractivity contribution >= 4 is 16.9 Å². The number of nitrogens with zero attached hydrogens (tertiary/aromatic N) is 2. The second-order valence-electron chi connectivity index (χ2n) is 4.15. The molecule has 0 radical (unpaired) electrons. The van der Waals surface area contributed by atoms with Gasteiger partial charge in [-0.3, -0.25) is 4.68 Å². The van der Waals surface area contributed by atoms with Crippen molar-refractivity contribution in [1.29, 1.82) is 0 Å². The molecule has 90 valence electrons. The number of aromatic nitrogens is 3. The molecular formula is C13H11N3O2. The average molecular weight is 241 g/mol. The van der Waals surface area contributed by atoms with Crippen molar-refractivity contribution in [3.63, 3.8) is 0 Å². The first-order valence-corrected chi connectivity index (χ1v) is 5.49. The smallest absolute Gasteiger partial charge is 0.339 e. The van der Waals surface area contributed by atoms with E-state index in [0.717, 1.165) is 16.5 Å². The van der Waals surface area contributed by atoms with E-state index < -0.39 is 5.97 Å². The van der Waals surface area contributed by atoms with E-state index in [2.05, 4.69) is 10.1 Å². The van der Waals surface area contributed by atoms with Gasteiger partial charge in [0.05, 0.1) is 0 Å². The minimum absolute atomic E-state index is 0.215. The van der Waals surface area contributed by atoms with Crippen molar-refractivity contribution < 1.29 is 9.90 Å². The number of H-pyrrole nitrogens is 1. The van der Waals surface area contributed by atoms with Gasteiger partial charge in [0.15, 0.2) is 0 Å². The van der Waals surface area contributed by atoms with Crippen LogP contribution in [0.5, 0.6) is 0 Å². The van der Waals surface area contributed by atoms with Gasteiger partial charge in [0, 0.05) is 35.9 Å². The second kappa shape index (κ2) is 3.73. The Bertz CT molecular complexity index is 740. The molecule has 0 bridgehead atoms. The van der Waals surface area contributed by atoms with Crippen molar-refractivity contribution in [3.8, 4) is 11.3 Å². The number of carboxylic acids is 1. The molecule has 0 aliphatic carbocycles. The summed E-state index contributed by atoms with van der Waals surface area (Å²) in [5, 5.41) is 14.4. The van der Waals surface area contributed by atoms with Gasteiger partial charge in [-0.05, 0) is 18.2 Å². The lowest BCUT2D eigenvalue weighted by atomic mass is 10.1. The first-order chi connectivity index (χ1) is 8.65. The van der Waals surface area contributed by atoms with Gasteiger partial charge in [0.1, 0.15) is 11.3 Å². The quantitative estimate of drug-likeness (QED) is 0.723. The highest BCUT2D eigenvalue weighted by molar-refractivity contribution is 5.96. The molecule has 0 spiro atoms. The van der Waals surface area contributed by atoms with Crippen LogP contribution in [0.15, 0.2) is 36.7 Å². The molecule has 0 fully saturated rings. The molecule has 1 aromatic carbocycles. The molecule has 2 heterocycles. The summed E-state index contributed by atoms with van der Waals surface area (Å²) in [5.74, 6) is -0.965. The summed E-state index contributed by atoms with van der Waals surface area (Å²) >= 11 is 0. The molecule has 0 atom stereocenters. The SMILES string of the molecule is Cn1cc(C(=O)O)c(-c2ccc3[nH]ccc3c2)n1. The Balaban J connectivity index is 2.21. The van der Waals surface area contributed by atoms with Crippen molar-refractivity contribution in [1.82, 2.24) is 14.8 Å². The first-order valence-electron chi connectivity index (χ1n) is 5.49. The predicted molar refractivity (Wildman–Crippen MR) is 67.5 cm³/mol. The van der Waals surface area contributed by atoms with E-state index in [0.29, 0.717) is 5.69 Å². The normalized spacial score (nSPS) is 10.9. The number of aromatic carboxylic acids is 1. The number of hydrogen-bond donors (Lipinski definition) is 2. The van der Waals surface area contributed by atoms with Crippen LogP contribution in [-0.2, 0) is 7.05 Å². The standard InChI is InChI=1S/C13H11N3O2/c1-16-7-10(13(17)18)12(15-16)9-2-3-11-8(6-9)4-5-14-11/h2-7,14H,1H3,(H,17,18). The number of carbonyl (C=O) groups is 1. The largest absolute Gasteiger partial charge is 0.478 e. The molecular weight excluding hydrogens is 230 g/mol. The van der Waals surface area contributed by atoms with E-state index in [1.165, 1.54) is 10.9 Å². The van der Waals surface area contributed by atoms with Crippen LogP contribution in [-0.4, -0.2) is 25.8 Å². The molecule has 3 rings (SSSR count). The van der Waals surface area contributed by atoms with Crippen molar-refractivity contribution in [3.05, 3.63) is 42.2 Å². The van der Waals surface area contributed by atoms with Crippen LogP contribution in [0.3, 0.4) is 0 Å². The van der Waals surface area contributed by atoms with E-state index in [4.69, 9.17) is 5.11 Å². The number of carboxylic acid groups (broad SMARTS) is 1. The summed E-state index contributed by atoms with van der Waals surface area (Å²) in [6.07, 6.45) is 3.37. The van der Waals surface area contributed by atoms with Crippen LogP contribution in [0.2, 0.25) is 0 Å². The van der Waals surface area contributed by atoms with Gasteiger partial charge < -0.3 is 10.1 Å². The lowest BCUT2D eigenvalue weighted by Crippen LogP contribution is -1.96. The van der Waals surface area contributed by atoms with Crippen molar-refractivity contribution in [2.45, 2.75) is 0 Å². The van der Waals surface area contributed by atoms with Gasteiger partial charge in [-0.15, -0.1) is 0 Å². The molecule has 18 heavy (non-hydrogen) atoms. The fraction of sp³-hybridized carbons (Fsp3) is 0.0769. The van der Waals surface area contributed by atoms with E-state index >= 15 is 0 Å². The van der Waals surface area contributed by atoms with E-state index in [1.54, 1.807) is 7.05 Å². The number of rotatable bonds is 2. The van der Waals surface area contributed by atoms with Gasteiger partial charge >= 0.3 is 5.97 Å². The summed E-state index contributed by atoms with van der Waals surface area (Å²) in [6, 6.07) is 7.67. The molecule has 0 saturated carbocycles. The lowest BCUT2D eigenvalue weighted by Gasteiger charge is -1.99. The molecule has 5 nitrogen and oxygen atoms in total. The molecule has 2 N–H and O–H groups in total. The zero-order valence-corrected chi connectivity index (χ0v) is 9.71. The van der Waals surface area contributed by atoms with Crippen molar-refractivity contribution in [2.24, 2.45) is 7.05 Å². The number of fused-ring (bicyclic) bond motifs is 1. The van der Waals surface area contributed by atoms with Crippen LogP contribution in [0.4, 0.5) is 0 Å². The van der Waals surface area contributed by atoms with E-state index in [-0.39, 0.29) is 5.56 Å². The van der Waals surface area contributed by atoms with Crippen molar-refractivity contribution in [2.75, 3.05) is 0 Å². The molecule has 3 aromatic rings. The topological polar surface area (TPSA) is 70.9 Å². The van der Waals surface area contributed by atoms with E-state index in [9.17, 15) is 4.79 Å². The fourth-order valence-electron chi connectivity index (χ4n) is 2.06. The van der Waals surface area contributed by atoms with Gasteiger partial charge in [-0.25, -0.2) is 4.79 Å². The van der Waals surface area contributed by atoms with Gasteiger partial charge in [0.25, 0.3) is 0 Å². The summed E-state index contributed by atoms with van der Waals surface area (Å²) in [7, 11) is 1.71. The van der Waals surface area contributed by atoms with Crippen LogP contribution in [0.25, 0.3) is 22.2 Å². The maximum Gasteiger partial charge on any atom is 0.339 e. The van der Waals surface area contributed by atoms with Gasteiger partial charge in [-0.1, -0.05) is 6.07 Å². The Labute approximate surface area is 103 Å². The third kappa shape index (κ3) is 1.57. The number of hydrogen-bond acceptors (Lipinski definition) is 2. The van der Waals surface area contributed by atoms with Gasteiger partial charge in [0.2, 0.25) is 0 Å². The Morgan fingerprint density at radius 3 is 3.00 bits per heavy atom. The number of aromatic amines is 1. The van der Waals surface area contributed by atoms with Crippen LogP contribution in [0, 0.1) is 0 Å². The maximum absolute atomic E-state index is 11.2. The number of aryl methyl sites for hydroxylation is 1. The maximum atomic E-state index is 11.2.